The summed E-state index contributed by atoms with van der Waals surface area (Å²) >= 11 is 0. The Labute approximate surface area is 124 Å². The van der Waals surface area contributed by atoms with Crippen LogP contribution in [0.3, 0.4) is 0 Å². The third-order valence-corrected chi connectivity index (χ3v) is 3.07. The van der Waals surface area contributed by atoms with Crippen molar-refractivity contribution in [2.75, 3.05) is 13.7 Å². The molecule has 21 heavy (non-hydrogen) atoms. The van der Waals surface area contributed by atoms with Gasteiger partial charge in [-0.25, -0.2) is 0 Å². The molecule has 0 amide bonds. The molecule has 0 aliphatic heterocycles. The van der Waals surface area contributed by atoms with E-state index in [1.54, 1.807) is 14.0 Å². The van der Waals surface area contributed by atoms with Gasteiger partial charge in [-0.3, -0.25) is 4.79 Å². The zero-order valence-corrected chi connectivity index (χ0v) is 12.4. The number of aryl methyl sites for hydroxylation is 2. The molecule has 1 aromatic carbocycles. The summed E-state index contributed by atoms with van der Waals surface area (Å²) in [5, 5.41) is 0. The summed E-state index contributed by atoms with van der Waals surface area (Å²) in [6, 6.07) is 11.2. The molecule has 112 valence electrons. The molecule has 0 saturated heterocycles. The largest absolute Gasteiger partial charge is 0.482 e. The van der Waals surface area contributed by atoms with E-state index in [2.05, 4.69) is 0 Å². The Morgan fingerprint density at radius 3 is 2.67 bits per heavy atom. The van der Waals surface area contributed by atoms with Crippen LogP contribution >= 0.6 is 0 Å². The van der Waals surface area contributed by atoms with Crippen LogP contribution in [0.4, 0.5) is 0 Å². The summed E-state index contributed by atoms with van der Waals surface area (Å²) in [6.45, 7) is 2.74. The Kier molecular flexibility index (Phi) is 5.58. The van der Waals surface area contributed by atoms with Gasteiger partial charge in [0.25, 0.3) is 0 Å². The van der Waals surface area contributed by atoms with Crippen molar-refractivity contribution in [2.45, 2.75) is 26.4 Å². The molecule has 0 spiro atoms. The lowest BCUT2D eigenvalue weighted by Crippen LogP contribution is -2.11. The van der Waals surface area contributed by atoms with E-state index in [9.17, 15) is 4.79 Å². The van der Waals surface area contributed by atoms with E-state index in [0.29, 0.717) is 36.9 Å². The maximum Gasteiger partial charge on any atom is 0.227 e. The van der Waals surface area contributed by atoms with Crippen LogP contribution in [-0.2, 0) is 17.8 Å². The first-order chi connectivity index (χ1) is 10.2. The highest BCUT2D eigenvalue weighted by Crippen LogP contribution is 2.18. The van der Waals surface area contributed by atoms with Crippen LogP contribution in [0.15, 0.2) is 45.6 Å². The number of methoxy groups -OCH3 is 1. The smallest absolute Gasteiger partial charge is 0.227 e. The molecular formula is C17H20O4. The van der Waals surface area contributed by atoms with Crippen LogP contribution in [0, 0.1) is 6.92 Å². The quantitative estimate of drug-likeness (QED) is 0.735. The van der Waals surface area contributed by atoms with Gasteiger partial charge >= 0.3 is 0 Å². The molecule has 4 nitrogen and oxygen atoms in total. The van der Waals surface area contributed by atoms with Crippen molar-refractivity contribution in [3.05, 3.63) is 63.7 Å². The fourth-order valence-corrected chi connectivity index (χ4v) is 2.08. The zero-order valence-electron chi connectivity index (χ0n) is 12.4. The third kappa shape index (κ3) is 4.46. The molecule has 1 aromatic heterocycles. The lowest BCUT2D eigenvalue weighted by Gasteiger charge is -2.10. The minimum Gasteiger partial charge on any atom is -0.482 e. The highest BCUT2D eigenvalue weighted by atomic mass is 16.5. The van der Waals surface area contributed by atoms with E-state index >= 15 is 0 Å². The molecule has 0 bridgehead atoms. The van der Waals surface area contributed by atoms with Crippen LogP contribution in [0.25, 0.3) is 0 Å². The standard InChI is InChI=1S/C17H20O4/c1-13-11-15(18)17(16(21-13)9-6-10-19-2)20-12-14-7-4-3-5-8-14/h3-5,7-8,11H,6,9-10,12H2,1-2H3. The summed E-state index contributed by atoms with van der Waals surface area (Å²) in [6.07, 6.45) is 1.40. The molecule has 0 aliphatic rings. The molecule has 0 N–H and O–H groups in total. The molecule has 2 aromatic rings. The molecule has 0 aliphatic carbocycles. The Hall–Kier alpha value is -2.07. The number of rotatable bonds is 7. The summed E-state index contributed by atoms with van der Waals surface area (Å²) in [5.74, 6) is 1.49. The molecule has 2 rings (SSSR count). The summed E-state index contributed by atoms with van der Waals surface area (Å²) in [4.78, 5) is 12.1. The van der Waals surface area contributed by atoms with Crippen molar-refractivity contribution in [2.24, 2.45) is 0 Å². The highest BCUT2D eigenvalue weighted by Gasteiger charge is 2.12. The van der Waals surface area contributed by atoms with Crippen LogP contribution in [0.2, 0.25) is 0 Å². The second-order valence-corrected chi connectivity index (χ2v) is 4.84. The number of benzene rings is 1. The Bertz CT molecular complexity index is 616. The molecule has 0 unspecified atom stereocenters. The first-order valence-electron chi connectivity index (χ1n) is 7.00. The van der Waals surface area contributed by atoms with Gasteiger partial charge < -0.3 is 13.9 Å². The summed E-state index contributed by atoms with van der Waals surface area (Å²) in [5.41, 5.74) is 0.877. The predicted octanol–water partition coefficient (Wildman–Crippen LogP) is 3.11. The lowest BCUT2D eigenvalue weighted by atomic mass is 10.2. The molecule has 0 fully saturated rings. The fraction of sp³-hybridized carbons (Fsp3) is 0.353. The van der Waals surface area contributed by atoms with Gasteiger partial charge in [0.2, 0.25) is 11.2 Å². The number of hydrogen-bond donors (Lipinski definition) is 0. The normalized spacial score (nSPS) is 10.6. The van der Waals surface area contributed by atoms with Gasteiger partial charge in [0.05, 0.1) is 0 Å². The SMILES string of the molecule is COCCCc1oc(C)cc(=O)c1OCc1ccccc1. The van der Waals surface area contributed by atoms with Gasteiger partial charge in [-0.2, -0.15) is 0 Å². The Morgan fingerprint density at radius 2 is 1.95 bits per heavy atom. The van der Waals surface area contributed by atoms with Crippen LogP contribution in [0.1, 0.15) is 23.5 Å². The van der Waals surface area contributed by atoms with Gasteiger partial charge in [-0.05, 0) is 18.9 Å². The molecule has 1 heterocycles. The van der Waals surface area contributed by atoms with E-state index in [1.807, 2.05) is 30.3 Å². The number of hydrogen-bond acceptors (Lipinski definition) is 4. The second kappa shape index (κ2) is 7.64. The topological polar surface area (TPSA) is 48.7 Å². The van der Waals surface area contributed by atoms with Crippen molar-refractivity contribution < 1.29 is 13.9 Å². The van der Waals surface area contributed by atoms with Crippen LogP contribution in [0.5, 0.6) is 5.75 Å². The van der Waals surface area contributed by atoms with E-state index in [4.69, 9.17) is 13.9 Å². The molecule has 0 saturated carbocycles. The minimum absolute atomic E-state index is 0.137. The summed E-state index contributed by atoms with van der Waals surface area (Å²) < 4.78 is 16.4. The maximum absolute atomic E-state index is 12.1. The Balaban J connectivity index is 2.14. The van der Waals surface area contributed by atoms with Gasteiger partial charge in [0, 0.05) is 26.2 Å². The van der Waals surface area contributed by atoms with Crippen molar-refractivity contribution in [3.8, 4) is 5.75 Å². The zero-order chi connectivity index (χ0) is 15.1. The van der Waals surface area contributed by atoms with E-state index < -0.39 is 0 Å². The van der Waals surface area contributed by atoms with Crippen molar-refractivity contribution in [1.82, 2.24) is 0 Å². The Morgan fingerprint density at radius 1 is 1.19 bits per heavy atom. The highest BCUT2D eigenvalue weighted by molar-refractivity contribution is 5.27. The van der Waals surface area contributed by atoms with Gasteiger partial charge in [-0.15, -0.1) is 0 Å². The summed E-state index contributed by atoms with van der Waals surface area (Å²) in [7, 11) is 1.65. The average molecular weight is 288 g/mol. The van der Waals surface area contributed by atoms with Crippen molar-refractivity contribution in [1.29, 1.82) is 0 Å². The van der Waals surface area contributed by atoms with Crippen LogP contribution < -0.4 is 10.2 Å². The second-order valence-electron chi connectivity index (χ2n) is 4.84. The minimum atomic E-state index is -0.137. The predicted molar refractivity (Wildman–Crippen MR) is 80.7 cm³/mol. The van der Waals surface area contributed by atoms with Crippen molar-refractivity contribution >= 4 is 0 Å². The van der Waals surface area contributed by atoms with Gasteiger partial charge in [0.1, 0.15) is 18.1 Å². The van der Waals surface area contributed by atoms with Crippen molar-refractivity contribution in [3.63, 3.8) is 0 Å². The van der Waals surface area contributed by atoms with Gasteiger partial charge in [-0.1, -0.05) is 30.3 Å². The van der Waals surface area contributed by atoms with E-state index in [-0.39, 0.29) is 5.43 Å². The van der Waals surface area contributed by atoms with Crippen LogP contribution in [-0.4, -0.2) is 13.7 Å². The molecule has 4 heteroatoms. The maximum atomic E-state index is 12.1. The molecule has 0 radical (unpaired) electrons. The monoisotopic (exact) mass is 288 g/mol. The third-order valence-electron chi connectivity index (χ3n) is 3.07. The fourth-order valence-electron chi connectivity index (χ4n) is 2.08. The van der Waals surface area contributed by atoms with E-state index in [0.717, 1.165) is 12.0 Å². The number of ether oxygens (including phenoxy) is 2. The first-order valence-corrected chi connectivity index (χ1v) is 7.00. The van der Waals surface area contributed by atoms with Gasteiger partial charge in [0.15, 0.2) is 0 Å². The first kappa shape index (κ1) is 15.3. The van der Waals surface area contributed by atoms with E-state index in [1.165, 1.54) is 6.07 Å². The molecule has 0 atom stereocenters. The molecular weight excluding hydrogens is 268 g/mol. The lowest BCUT2D eigenvalue weighted by molar-refractivity contribution is 0.191. The average Bonchev–Trinajstić information content (AvgIpc) is 2.47.